The molecule has 0 fully saturated rings. The number of nitrogens with zero attached hydrogens (tertiary/aromatic N) is 5. The Kier molecular flexibility index (Phi) is 7.07. The highest BCUT2D eigenvalue weighted by molar-refractivity contribution is 6.32. The van der Waals surface area contributed by atoms with Crippen LogP contribution < -0.4 is 4.74 Å². The number of hydrogen-bond acceptors (Lipinski definition) is 4. The molecule has 0 radical (unpaired) electrons. The van der Waals surface area contributed by atoms with Gasteiger partial charge in [0.15, 0.2) is 5.82 Å². The second kappa shape index (κ2) is 10.7. The molecule has 0 saturated heterocycles. The lowest BCUT2D eigenvalue weighted by molar-refractivity contribution is 0.309. The minimum absolute atomic E-state index is 0.443. The molecule has 0 bridgehead atoms. The van der Waals surface area contributed by atoms with E-state index in [1.165, 1.54) is 0 Å². The maximum Gasteiger partial charge on any atom is 0.151 e. The summed E-state index contributed by atoms with van der Waals surface area (Å²) in [4.78, 5) is 4.72. The smallest absolute Gasteiger partial charge is 0.151 e. The Morgan fingerprint density at radius 3 is 2.59 bits per heavy atom. The van der Waals surface area contributed by atoms with E-state index >= 15 is 0 Å². The lowest BCUT2D eigenvalue weighted by Gasteiger charge is -2.09. The maximum absolute atomic E-state index is 10.1. The van der Waals surface area contributed by atoms with Crippen LogP contribution in [0.2, 0.25) is 5.02 Å². The zero-order valence-corrected chi connectivity index (χ0v) is 21.5. The number of rotatable bonds is 8. The number of benzene rings is 3. The van der Waals surface area contributed by atoms with Crippen molar-refractivity contribution < 1.29 is 4.74 Å². The molecule has 0 amide bonds. The molecular weight excluding hydrogens is 482 g/mol. The Morgan fingerprint density at radius 1 is 1.08 bits per heavy atom. The Morgan fingerprint density at radius 2 is 1.86 bits per heavy atom. The highest BCUT2D eigenvalue weighted by Gasteiger charge is 2.17. The third-order valence-electron chi connectivity index (χ3n) is 6.17. The SMILES string of the molecule is CCCCOc1ccc(-c2nn(-c3ccccc3)cc2/C=C(/C#N)c2nc3ccccc3n2C)cc1Cl. The van der Waals surface area contributed by atoms with Crippen LogP contribution >= 0.6 is 11.6 Å². The fraction of sp³-hybridized carbons (Fsp3) is 0.167. The normalized spacial score (nSPS) is 11.6. The van der Waals surface area contributed by atoms with Gasteiger partial charge < -0.3 is 9.30 Å². The van der Waals surface area contributed by atoms with Gasteiger partial charge in [-0.05, 0) is 55.0 Å². The van der Waals surface area contributed by atoms with Crippen molar-refractivity contribution in [3.05, 3.63) is 95.4 Å². The number of halogens is 1. The summed E-state index contributed by atoms with van der Waals surface area (Å²) in [6.07, 6.45) is 5.77. The number of unbranched alkanes of at least 4 members (excludes halogenated alkanes) is 1. The third kappa shape index (κ3) is 5.00. The van der Waals surface area contributed by atoms with E-state index in [4.69, 9.17) is 26.4 Å². The van der Waals surface area contributed by atoms with Crippen LogP contribution in [-0.4, -0.2) is 25.9 Å². The lowest BCUT2D eigenvalue weighted by Crippen LogP contribution is -1.97. The van der Waals surface area contributed by atoms with Gasteiger partial charge in [-0.3, -0.25) is 0 Å². The van der Waals surface area contributed by atoms with Crippen LogP contribution in [-0.2, 0) is 7.05 Å². The molecule has 0 aliphatic heterocycles. The number of ether oxygens (including phenoxy) is 1. The van der Waals surface area contributed by atoms with Crippen LogP contribution in [0, 0.1) is 11.3 Å². The molecule has 0 unspecified atom stereocenters. The zero-order valence-electron chi connectivity index (χ0n) is 20.7. The van der Waals surface area contributed by atoms with Crippen LogP contribution in [0.15, 0.2) is 79.0 Å². The van der Waals surface area contributed by atoms with Crippen LogP contribution in [0.1, 0.15) is 31.2 Å². The second-order valence-electron chi connectivity index (χ2n) is 8.71. The van der Waals surface area contributed by atoms with Crippen molar-refractivity contribution in [2.45, 2.75) is 19.8 Å². The fourth-order valence-electron chi connectivity index (χ4n) is 4.21. The molecule has 0 N–H and O–H groups in total. The number of aryl methyl sites for hydroxylation is 1. The van der Waals surface area contributed by atoms with Crippen LogP contribution in [0.4, 0.5) is 0 Å². The van der Waals surface area contributed by atoms with E-state index in [2.05, 4.69) is 13.0 Å². The van der Waals surface area contributed by atoms with Crippen molar-refractivity contribution in [2.24, 2.45) is 7.05 Å². The number of imidazole rings is 1. The first-order chi connectivity index (χ1) is 18.1. The van der Waals surface area contributed by atoms with Crippen molar-refractivity contribution in [2.75, 3.05) is 6.61 Å². The third-order valence-corrected chi connectivity index (χ3v) is 6.47. The molecule has 7 heteroatoms. The zero-order chi connectivity index (χ0) is 25.8. The Labute approximate surface area is 221 Å². The minimum Gasteiger partial charge on any atom is -0.492 e. The number of fused-ring (bicyclic) bond motifs is 1. The number of nitriles is 1. The van der Waals surface area contributed by atoms with Gasteiger partial charge in [-0.1, -0.05) is 55.3 Å². The van der Waals surface area contributed by atoms with Gasteiger partial charge in [-0.2, -0.15) is 10.4 Å². The molecule has 6 nitrogen and oxygen atoms in total. The average Bonchev–Trinajstić information content (AvgIpc) is 3.50. The molecule has 3 aromatic carbocycles. The molecule has 184 valence electrons. The molecule has 37 heavy (non-hydrogen) atoms. The van der Waals surface area contributed by atoms with Gasteiger partial charge in [0.2, 0.25) is 0 Å². The average molecular weight is 508 g/mol. The standard InChI is InChI=1S/C30H26ClN5O/c1-3-4-16-37-28-15-14-21(18-25(28)31)29-23(20-36(34-29)24-10-6-5-7-11-24)17-22(19-32)30-33-26-12-8-9-13-27(26)35(30)2/h5-15,17-18,20H,3-4,16H2,1-2H3/b22-17-. The Hall–Kier alpha value is -4.34. The van der Waals surface area contributed by atoms with Gasteiger partial charge in [0.25, 0.3) is 0 Å². The van der Waals surface area contributed by atoms with E-state index in [1.54, 1.807) is 0 Å². The molecule has 0 aliphatic rings. The highest BCUT2D eigenvalue weighted by Crippen LogP contribution is 2.33. The number of para-hydroxylation sites is 3. The summed E-state index contributed by atoms with van der Waals surface area (Å²) in [5, 5.41) is 15.5. The largest absolute Gasteiger partial charge is 0.492 e. The molecule has 0 saturated carbocycles. The van der Waals surface area contributed by atoms with Crippen molar-refractivity contribution in [1.29, 1.82) is 5.26 Å². The van der Waals surface area contributed by atoms with E-state index < -0.39 is 0 Å². The summed E-state index contributed by atoms with van der Waals surface area (Å²) < 4.78 is 9.58. The molecular formula is C30H26ClN5O. The van der Waals surface area contributed by atoms with E-state index in [0.717, 1.165) is 40.7 Å². The predicted molar refractivity (Wildman–Crippen MR) is 149 cm³/mol. The molecule has 5 aromatic rings. The predicted octanol–water partition coefficient (Wildman–Crippen LogP) is 7.32. The van der Waals surface area contributed by atoms with Gasteiger partial charge in [-0.25, -0.2) is 9.67 Å². The molecule has 5 rings (SSSR count). The summed E-state index contributed by atoms with van der Waals surface area (Å²) in [7, 11) is 1.92. The van der Waals surface area contributed by atoms with E-state index in [-0.39, 0.29) is 0 Å². The molecule has 0 spiro atoms. The van der Waals surface area contributed by atoms with Gasteiger partial charge in [-0.15, -0.1) is 0 Å². The van der Waals surface area contributed by atoms with Gasteiger partial charge >= 0.3 is 0 Å². The first kappa shape index (κ1) is 24.4. The fourth-order valence-corrected chi connectivity index (χ4v) is 4.45. The van der Waals surface area contributed by atoms with Gasteiger partial charge in [0, 0.05) is 24.4 Å². The molecule has 0 aliphatic carbocycles. The van der Waals surface area contributed by atoms with Gasteiger partial charge in [0.05, 0.1) is 33.9 Å². The van der Waals surface area contributed by atoms with Crippen LogP contribution in [0.25, 0.3) is 39.6 Å². The number of allylic oxidation sites excluding steroid dienone is 1. The van der Waals surface area contributed by atoms with E-state index in [9.17, 15) is 5.26 Å². The topological polar surface area (TPSA) is 68.7 Å². The number of aromatic nitrogens is 4. The molecule has 2 aromatic heterocycles. The Bertz CT molecular complexity index is 1630. The first-order valence-electron chi connectivity index (χ1n) is 12.2. The second-order valence-corrected chi connectivity index (χ2v) is 9.12. The van der Waals surface area contributed by atoms with Crippen molar-refractivity contribution in [1.82, 2.24) is 19.3 Å². The van der Waals surface area contributed by atoms with Crippen molar-refractivity contribution >= 4 is 34.3 Å². The quantitative estimate of drug-likeness (QED) is 0.163. The molecule has 0 atom stereocenters. The molecule has 2 heterocycles. The van der Waals surface area contributed by atoms with Crippen LogP contribution in [0.3, 0.4) is 0 Å². The van der Waals surface area contributed by atoms with Crippen molar-refractivity contribution in [3.8, 4) is 28.8 Å². The lowest BCUT2D eigenvalue weighted by atomic mass is 10.1. The Balaban J connectivity index is 1.62. The van der Waals surface area contributed by atoms with Gasteiger partial charge in [0.1, 0.15) is 17.5 Å². The summed E-state index contributed by atoms with van der Waals surface area (Å²) >= 11 is 6.59. The van der Waals surface area contributed by atoms with E-state index in [0.29, 0.717) is 34.5 Å². The summed E-state index contributed by atoms with van der Waals surface area (Å²) in [6.45, 7) is 2.74. The minimum atomic E-state index is 0.443. The summed E-state index contributed by atoms with van der Waals surface area (Å²) in [5.41, 5.74) is 5.47. The van der Waals surface area contributed by atoms with Crippen LogP contribution in [0.5, 0.6) is 5.75 Å². The monoisotopic (exact) mass is 507 g/mol. The first-order valence-corrected chi connectivity index (χ1v) is 12.6. The number of hydrogen-bond donors (Lipinski definition) is 0. The summed E-state index contributed by atoms with van der Waals surface area (Å²) in [6, 6.07) is 25.7. The highest BCUT2D eigenvalue weighted by atomic mass is 35.5. The summed E-state index contributed by atoms with van der Waals surface area (Å²) in [5.74, 6) is 1.25. The maximum atomic E-state index is 10.1. The van der Waals surface area contributed by atoms with Crippen molar-refractivity contribution in [3.63, 3.8) is 0 Å². The van der Waals surface area contributed by atoms with E-state index in [1.807, 2.05) is 101 Å².